The quantitative estimate of drug-likeness (QED) is 0.753. The Labute approximate surface area is 193 Å². The number of ether oxygens (including phenoxy) is 2. The van der Waals surface area contributed by atoms with Gasteiger partial charge in [0.05, 0.1) is 31.4 Å². The first-order valence-electron chi connectivity index (χ1n) is 11.0. The van der Waals surface area contributed by atoms with Gasteiger partial charge in [-0.05, 0) is 63.1 Å². The molecule has 0 saturated carbocycles. The summed E-state index contributed by atoms with van der Waals surface area (Å²) in [7, 11) is 3.16. The molecule has 8 nitrogen and oxygen atoms in total. The van der Waals surface area contributed by atoms with Gasteiger partial charge in [0.2, 0.25) is 0 Å². The van der Waals surface area contributed by atoms with E-state index in [2.05, 4.69) is 0 Å². The molecule has 0 aromatic heterocycles. The van der Waals surface area contributed by atoms with Crippen molar-refractivity contribution < 1.29 is 24.2 Å². The van der Waals surface area contributed by atoms with E-state index in [9.17, 15) is 14.7 Å². The highest BCUT2D eigenvalue weighted by atomic mass is 16.5. The molecule has 2 aliphatic rings. The standard InChI is InChI=1S/C25H29N3O5/c1-25(2)22(16-8-9-20(32-3)21(15-16)33-4)26-28(24(25)31)18-10-12-27(13-11-18)23(30)17-6-5-7-19(29)14-17/h5-9,14-15,18,29H,10-13H2,1-4H3. The largest absolute Gasteiger partial charge is 0.508 e. The molecular weight excluding hydrogens is 422 g/mol. The number of piperidine rings is 1. The van der Waals surface area contributed by atoms with Gasteiger partial charge >= 0.3 is 0 Å². The highest BCUT2D eigenvalue weighted by Crippen LogP contribution is 2.37. The lowest BCUT2D eigenvalue weighted by Crippen LogP contribution is -2.47. The number of carbonyl (C=O) groups is 2. The molecule has 1 fully saturated rings. The third-order valence-corrected chi connectivity index (χ3v) is 6.39. The van der Waals surface area contributed by atoms with Gasteiger partial charge in [0.15, 0.2) is 11.5 Å². The third-order valence-electron chi connectivity index (χ3n) is 6.39. The summed E-state index contributed by atoms with van der Waals surface area (Å²) in [4.78, 5) is 27.9. The van der Waals surface area contributed by atoms with Crippen LogP contribution in [-0.2, 0) is 4.79 Å². The fourth-order valence-corrected chi connectivity index (χ4v) is 4.45. The highest BCUT2D eigenvalue weighted by molar-refractivity contribution is 6.19. The summed E-state index contributed by atoms with van der Waals surface area (Å²) in [5, 5.41) is 16.0. The second-order valence-corrected chi connectivity index (χ2v) is 8.87. The lowest BCUT2D eigenvalue weighted by molar-refractivity contribution is -0.137. The number of phenols is 1. The van der Waals surface area contributed by atoms with E-state index < -0.39 is 5.41 Å². The van der Waals surface area contributed by atoms with Crippen LogP contribution in [0.4, 0.5) is 0 Å². The van der Waals surface area contributed by atoms with Gasteiger partial charge in [-0.25, -0.2) is 5.01 Å². The second-order valence-electron chi connectivity index (χ2n) is 8.87. The number of likely N-dealkylation sites (tertiary alicyclic amines) is 1. The van der Waals surface area contributed by atoms with Gasteiger partial charge in [-0.2, -0.15) is 5.10 Å². The van der Waals surface area contributed by atoms with Crippen LogP contribution in [0, 0.1) is 5.41 Å². The summed E-state index contributed by atoms with van der Waals surface area (Å²) < 4.78 is 10.7. The first kappa shape index (κ1) is 22.6. The number of hydrogen-bond acceptors (Lipinski definition) is 6. The molecular formula is C25H29N3O5. The van der Waals surface area contributed by atoms with Crippen LogP contribution < -0.4 is 9.47 Å². The Morgan fingerprint density at radius 1 is 1.06 bits per heavy atom. The van der Waals surface area contributed by atoms with Crippen molar-refractivity contribution in [1.29, 1.82) is 0 Å². The number of hydrogen-bond donors (Lipinski definition) is 1. The molecule has 33 heavy (non-hydrogen) atoms. The number of rotatable bonds is 5. The molecule has 1 saturated heterocycles. The zero-order valence-corrected chi connectivity index (χ0v) is 19.4. The molecule has 0 aliphatic carbocycles. The average molecular weight is 452 g/mol. The lowest BCUT2D eigenvalue weighted by atomic mass is 9.83. The van der Waals surface area contributed by atoms with Crippen LogP contribution in [0.1, 0.15) is 42.6 Å². The molecule has 2 aromatic rings. The van der Waals surface area contributed by atoms with E-state index in [4.69, 9.17) is 14.6 Å². The maximum Gasteiger partial charge on any atom is 0.254 e. The minimum atomic E-state index is -0.784. The first-order valence-corrected chi connectivity index (χ1v) is 11.0. The summed E-state index contributed by atoms with van der Waals surface area (Å²) in [5.41, 5.74) is 1.17. The maximum absolute atomic E-state index is 13.3. The van der Waals surface area contributed by atoms with E-state index >= 15 is 0 Å². The SMILES string of the molecule is COc1ccc(C2=NN(C3CCN(C(=O)c4cccc(O)c4)CC3)C(=O)C2(C)C)cc1OC. The zero-order chi connectivity index (χ0) is 23.8. The van der Waals surface area contributed by atoms with Gasteiger partial charge in [-0.1, -0.05) is 6.07 Å². The van der Waals surface area contributed by atoms with Crippen molar-refractivity contribution in [3.05, 3.63) is 53.6 Å². The van der Waals surface area contributed by atoms with Crippen LogP contribution >= 0.6 is 0 Å². The van der Waals surface area contributed by atoms with Crippen LogP contribution in [0.25, 0.3) is 0 Å². The fourth-order valence-electron chi connectivity index (χ4n) is 4.45. The van der Waals surface area contributed by atoms with Crippen LogP contribution in [0.3, 0.4) is 0 Å². The number of aromatic hydroxyl groups is 1. The molecule has 2 aromatic carbocycles. The summed E-state index contributed by atoms with van der Waals surface area (Å²) in [6.45, 7) is 4.80. The number of benzene rings is 2. The van der Waals surface area contributed by atoms with Gasteiger partial charge in [-0.3, -0.25) is 9.59 Å². The van der Waals surface area contributed by atoms with Crippen molar-refractivity contribution in [1.82, 2.24) is 9.91 Å². The third kappa shape index (κ3) is 4.13. The number of phenolic OH excluding ortho intramolecular Hbond substituents is 1. The summed E-state index contributed by atoms with van der Waals surface area (Å²) >= 11 is 0. The summed E-state index contributed by atoms with van der Waals surface area (Å²) in [5.74, 6) is 1.09. The summed E-state index contributed by atoms with van der Waals surface area (Å²) in [6.07, 6.45) is 1.27. The Bertz CT molecular complexity index is 1100. The van der Waals surface area contributed by atoms with E-state index in [1.54, 1.807) is 36.3 Å². The van der Waals surface area contributed by atoms with Gasteiger partial charge in [0.1, 0.15) is 5.75 Å². The Hall–Kier alpha value is -3.55. The van der Waals surface area contributed by atoms with Crippen LogP contribution in [-0.4, -0.2) is 65.9 Å². The molecule has 0 bridgehead atoms. The predicted molar refractivity (Wildman–Crippen MR) is 124 cm³/mol. The van der Waals surface area contributed by atoms with Crippen molar-refractivity contribution in [3.63, 3.8) is 0 Å². The van der Waals surface area contributed by atoms with Crippen LogP contribution in [0.2, 0.25) is 0 Å². The molecule has 0 atom stereocenters. The van der Waals surface area contributed by atoms with Crippen LogP contribution in [0.15, 0.2) is 47.6 Å². The van der Waals surface area contributed by atoms with E-state index in [0.29, 0.717) is 48.7 Å². The molecule has 0 spiro atoms. The minimum Gasteiger partial charge on any atom is -0.508 e. The second kappa shape index (κ2) is 8.77. The Kier molecular flexibility index (Phi) is 6.01. The van der Waals surface area contributed by atoms with Gasteiger partial charge in [0, 0.05) is 24.2 Å². The van der Waals surface area contributed by atoms with Gasteiger partial charge < -0.3 is 19.5 Å². The van der Waals surface area contributed by atoms with E-state index in [-0.39, 0.29) is 23.6 Å². The van der Waals surface area contributed by atoms with Crippen molar-refractivity contribution in [3.8, 4) is 17.2 Å². The van der Waals surface area contributed by atoms with Crippen molar-refractivity contribution in [2.24, 2.45) is 10.5 Å². The molecule has 1 N–H and O–H groups in total. The Balaban J connectivity index is 1.51. The molecule has 0 radical (unpaired) electrons. The number of amides is 2. The molecule has 174 valence electrons. The molecule has 2 aliphatic heterocycles. The number of carbonyl (C=O) groups excluding carboxylic acids is 2. The normalized spacial score (nSPS) is 18.3. The summed E-state index contributed by atoms with van der Waals surface area (Å²) in [6, 6.07) is 11.8. The van der Waals surface area contributed by atoms with E-state index in [1.807, 2.05) is 32.0 Å². The van der Waals surface area contributed by atoms with Gasteiger partial charge in [0.25, 0.3) is 11.8 Å². The van der Waals surface area contributed by atoms with Crippen molar-refractivity contribution >= 4 is 17.5 Å². The molecule has 8 heteroatoms. The van der Waals surface area contributed by atoms with E-state index in [1.165, 1.54) is 12.1 Å². The lowest BCUT2D eigenvalue weighted by Gasteiger charge is -2.35. The topological polar surface area (TPSA) is 91.7 Å². The number of nitrogens with zero attached hydrogens (tertiary/aromatic N) is 3. The average Bonchev–Trinajstić information content (AvgIpc) is 3.07. The number of methoxy groups -OCH3 is 2. The minimum absolute atomic E-state index is 0.0509. The Morgan fingerprint density at radius 2 is 1.76 bits per heavy atom. The highest BCUT2D eigenvalue weighted by Gasteiger charge is 2.47. The zero-order valence-electron chi connectivity index (χ0n) is 19.4. The molecule has 2 heterocycles. The first-order chi connectivity index (χ1) is 15.8. The van der Waals surface area contributed by atoms with Crippen molar-refractivity contribution in [2.45, 2.75) is 32.7 Å². The molecule has 4 rings (SSSR count). The van der Waals surface area contributed by atoms with Crippen molar-refractivity contribution in [2.75, 3.05) is 27.3 Å². The van der Waals surface area contributed by atoms with Crippen LogP contribution in [0.5, 0.6) is 17.2 Å². The maximum atomic E-state index is 13.3. The van der Waals surface area contributed by atoms with Gasteiger partial charge in [-0.15, -0.1) is 0 Å². The smallest absolute Gasteiger partial charge is 0.254 e. The molecule has 2 amide bonds. The Morgan fingerprint density at radius 3 is 2.39 bits per heavy atom. The number of hydrazone groups is 1. The van der Waals surface area contributed by atoms with E-state index in [0.717, 1.165) is 5.56 Å². The predicted octanol–water partition coefficient (Wildman–Crippen LogP) is 3.29. The fraction of sp³-hybridized carbons (Fsp3) is 0.400. The monoisotopic (exact) mass is 451 g/mol. The molecule has 0 unspecified atom stereocenters.